The van der Waals surface area contributed by atoms with Crippen LogP contribution in [-0.2, 0) is 0 Å². The SMILES string of the molecule is CNC(CC1CCC1)c1c(OC)cc(OC)cc1OC. The molecule has 1 aromatic rings. The molecule has 2 rings (SSSR count). The topological polar surface area (TPSA) is 39.7 Å². The van der Waals surface area contributed by atoms with Gasteiger partial charge in [-0.2, -0.15) is 0 Å². The van der Waals surface area contributed by atoms with Crippen LogP contribution in [0.25, 0.3) is 0 Å². The van der Waals surface area contributed by atoms with Gasteiger partial charge in [0.2, 0.25) is 0 Å². The monoisotopic (exact) mass is 279 g/mol. The van der Waals surface area contributed by atoms with Crippen molar-refractivity contribution in [2.24, 2.45) is 5.92 Å². The molecule has 1 aromatic carbocycles. The summed E-state index contributed by atoms with van der Waals surface area (Å²) in [6.07, 6.45) is 5.14. The van der Waals surface area contributed by atoms with Crippen molar-refractivity contribution in [1.82, 2.24) is 5.32 Å². The molecule has 20 heavy (non-hydrogen) atoms. The summed E-state index contributed by atoms with van der Waals surface area (Å²) < 4.78 is 16.4. The van der Waals surface area contributed by atoms with Gasteiger partial charge >= 0.3 is 0 Å². The molecule has 0 bridgehead atoms. The first-order valence-electron chi connectivity index (χ1n) is 7.20. The summed E-state index contributed by atoms with van der Waals surface area (Å²) >= 11 is 0. The first-order valence-corrected chi connectivity index (χ1v) is 7.20. The molecule has 0 saturated heterocycles. The lowest BCUT2D eigenvalue weighted by atomic mass is 9.79. The Morgan fingerprint density at radius 3 is 2.05 bits per heavy atom. The van der Waals surface area contributed by atoms with Gasteiger partial charge in [-0.25, -0.2) is 0 Å². The van der Waals surface area contributed by atoms with Crippen LogP contribution in [0.1, 0.15) is 37.3 Å². The van der Waals surface area contributed by atoms with Crippen LogP contribution < -0.4 is 19.5 Å². The molecule has 0 heterocycles. The van der Waals surface area contributed by atoms with E-state index in [-0.39, 0.29) is 6.04 Å². The lowest BCUT2D eigenvalue weighted by molar-refractivity contribution is 0.259. The van der Waals surface area contributed by atoms with Crippen LogP contribution in [0, 0.1) is 5.92 Å². The maximum atomic E-state index is 5.55. The summed E-state index contributed by atoms with van der Waals surface area (Å²) in [5.41, 5.74) is 1.09. The summed E-state index contributed by atoms with van der Waals surface area (Å²) in [6, 6.07) is 4.09. The van der Waals surface area contributed by atoms with Crippen molar-refractivity contribution in [2.45, 2.75) is 31.7 Å². The van der Waals surface area contributed by atoms with Gasteiger partial charge in [-0.05, 0) is 19.4 Å². The number of methoxy groups -OCH3 is 3. The van der Waals surface area contributed by atoms with E-state index in [2.05, 4.69) is 5.32 Å². The highest BCUT2D eigenvalue weighted by molar-refractivity contribution is 5.52. The van der Waals surface area contributed by atoms with Crippen molar-refractivity contribution in [3.8, 4) is 17.2 Å². The number of nitrogens with one attached hydrogen (secondary N) is 1. The molecular formula is C16H25NO3. The summed E-state index contributed by atoms with van der Waals surface area (Å²) in [6.45, 7) is 0. The van der Waals surface area contributed by atoms with Crippen LogP contribution in [0.4, 0.5) is 0 Å². The predicted octanol–water partition coefficient (Wildman–Crippen LogP) is 3.16. The maximum Gasteiger partial charge on any atom is 0.131 e. The number of benzene rings is 1. The zero-order valence-electron chi connectivity index (χ0n) is 12.9. The highest BCUT2D eigenvalue weighted by Crippen LogP contribution is 2.42. The first kappa shape index (κ1) is 15.0. The Labute approximate surface area is 121 Å². The molecule has 1 aliphatic rings. The number of hydrogen-bond acceptors (Lipinski definition) is 4. The molecule has 1 fully saturated rings. The Bertz CT molecular complexity index is 418. The zero-order chi connectivity index (χ0) is 14.5. The average Bonchev–Trinajstić information content (AvgIpc) is 2.45. The molecule has 1 N–H and O–H groups in total. The molecule has 0 aliphatic heterocycles. The Kier molecular flexibility index (Phi) is 5.12. The van der Waals surface area contributed by atoms with Crippen molar-refractivity contribution in [3.63, 3.8) is 0 Å². The minimum atomic E-state index is 0.246. The van der Waals surface area contributed by atoms with E-state index in [1.807, 2.05) is 19.2 Å². The molecule has 1 unspecified atom stereocenters. The molecular weight excluding hydrogens is 254 g/mol. The van der Waals surface area contributed by atoms with Gasteiger partial charge in [0.15, 0.2) is 0 Å². The molecule has 1 aliphatic carbocycles. The van der Waals surface area contributed by atoms with Gasteiger partial charge in [0.25, 0.3) is 0 Å². The normalized spacial score (nSPS) is 16.4. The molecule has 112 valence electrons. The van der Waals surface area contributed by atoms with Gasteiger partial charge in [-0.15, -0.1) is 0 Å². The average molecular weight is 279 g/mol. The van der Waals surface area contributed by atoms with Gasteiger partial charge in [0.1, 0.15) is 17.2 Å². The minimum Gasteiger partial charge on any atom is -0.496 e. The van der Waals surface area contributed by atoms with E-state index in [4.69, 9.17) is 14.2 Å². The molecule has 4 nitrogen and oxygen atoms in total. The van der Waals surface area contributed by atoms with Crippen LogP contribution in [0.15, 0.2) is 12.1 Å². The second-order valence-corrected chi connectivity index (χ2v) is 5.32. The number of rotatable bonds is 7. The van der Waals surface area contributed by atoms with Gasteiger partial charge in [0, 0.05) is 18.2 Å². The Balaban J connectivity index is 2.34. The smallest absolute Gasteiger partial charge is 0.131 e. The quantitative estimate of drug-likeness (QED) is 0.832. The van der Waals surface area contributed by atoms with Crippen LogP contribution in [0.3, 0.4) is 0 Å². The molecule has 0 radical (unpaired) electrons. The fourth-order valence-electron chi connectivity index (χ4n) is 2.82. The number of hydrogen-bond donors (Lipinski definition) is 1. The largest absolute Gasteiger partial charge is 0.496 e. The lowest BCUT2D eigenvalue weighted by Gasteiger charge is -2.31. The minimum absolute atomic E-state index is 0.246. The molecule has 0 spiro atoms. The third-order valence-corrected chi connectivity index (χ3v) is 4.24. The van der Waals surface area contributed by atoms with Gasteiger partial charge in [-0.1, -0.05) is 19.3 Å². The maximum absolute atomic E-state index is 5.55. The van der Waals surface area contributed by atoms with Crippen LogP contribution >= 0.6 is 0 Å². The van der Waals surface area contributed by atoms with E-state index in [0.29, 0.717) is 0 Å². The van der Waals surface area contributed by atoms with E-state index in [0.717, 1.165) is 35.2 Å². The van der Waals surface area contributed by atoms with E-state index >= 15 is 0 Å². The van der Waals surface area contributed by atoms with E-state index in [1.54, 1.807) is 21.3 Å². The van der Waals surface area contributed by atoms with Crippen LogP contribution in [0.5, 0.6) is 17.2 Å². The zero-order valence-corrected chi connectivity index (χ0v) is 12.9. The second kappa shape index (κ2) is 6.84. The van der Waals surface area contributed by atoms with Crippen LogP contribution in [0.2, 0.25) is 0 Å². The van der Waals surface area contributed by atoms with Crippen molar-refractivity contribution >= 4 is 0 Å². The van der Waals surface area contributed by atoms with Crippen molar-refractivity contribution in [3.05, 3.63) is 17.7 Å². The summed E-state index contributed by atoms with van der Waals surface area (Å²) in [7, 11) is 7.02. The molecule has 1 saturated carbocycles. The fourth-order valence-corrected chi connectivity index (χ4v) is 2.82. The highest BCUT2D eigenvalue weighted by Gasteiger charge is 2.27. The van der Waals surface area contributed by atoms with E-state index in [9.17, 15) is 0 Å². The third kappa shape index (κ3) is 3.01. The van der Waals surface area contributed by atoms with Crippen molar-refractivity contribution in [1.29, 1.82) is 0 Å². The lowest BCUT2D eigenvalue weighted by Crippen LogP contribution is -2.24. The van der Waals surface area contributed by atoms with Gasteiger partial charge < -0.3 is 19.5 Å². The predicted molar refractivity (Wildman–Crippen MR) is 79.9 cm³/mol. The van der Waals surface area contributed by atoms with E-state index in [1.165, 1.54) is 19.3 Å². The van der Waals surface area contributed by atoms with Crippen molar-refractivity contribution < 1.29 is 14.2 Å². The van der Waals surface area contributed by atoms with Gasteiger partial charge in [-0.3, -0.25) is 0 Å². The number of ether oxygens (including phenoxy) is 3. The third-order valence-electron chi connectivity index (χ3n) is 4.24. The summed E-state index contributed by atoms with van der Waals surface area (Å²) in [4.78, 5) is 0. The molecule has 0 amide bonds. The standard InChI is InChI=1S/C16H25NO3/c1-17-13(8-11-6-5-7-11)16-14(19-3)9-12(18-2)10-15(16)20-4/h9-11,13,17H,5-8H2,1-4H3. The molecule has 1 atom stereocenters. The fraction of sp³-hybridized carbons (Fsp3) is 0.625. The molecule has 4 heteroatoms. The Morgan fingerprint density at radius 2 is 1.70 bits per heavy atom. The molecule has 0 aromatic heterocycles. The second-order valence-electron chi connectivity index (χ2n) is 5.32. The first-order chi connectivity index (χ1) is 9.73. The van der Waals surface area contributed by atoms with Crippen LogP contribution in [-0.4, -0.2) is 28.4 Å². The highest BCUT2D eigenvalue weighted by atomic mass is 16.5. The van der Waals surface area contributed by atoms with Gasteiger partial charge in [0.05, 0.1) is 26.9 Å². The van der Waals surface area contributed by atoms with Crippen molar-refractivity contribution in [2.75, 3.05) is 28.4 Å². The Morgan fingerprint density at radius 1 is 1.10 bits per heavy atom. The Hall–Kier alpha value is -1.42. The summed E-state index contributed by atoms with van der Waals surface area (Å²) in [5.74, 6) is 3.20. The summed E-state index contributed by atoms with van der Waals surface area (Å²) in [5, 5.41) is 3.40. The van der Waals surface area contributed by atoms with E-state index < -0.39 is 0 Å².